The van der Waals surface area contributed by atoms with Gasteiger partial charge in [0, 0.05) is 24.0 Å². The number of anilines is 1. The van der Waals surface area contributed by atoms with Gasteiger partial charge < -0.3 is 5.32 Å². The summed E-state index contributed by atoms with van der Waals surface area (Å²) >= 11 is 7.64. The Morgan fingerprint density at radius 3 is 2.64 bits per heavy atom. The lowest BCUT2D eigenvalue weighted by atomic mass is 10.0. The Hall–Kier alpha value is -2.46. The Morgan fingerprint density at radius 2 is 1.92 bits per heavy atom. The van der Waals surface area contributed by atoms with Gasteiger partial charge in [-0.3, -0.25) is 4.79 Å². The van der Waals surface area contributed by atoms with E-state index in [-0.39, 0.29) is 21.7 Å². The number of thioether (sulfide) groups is 1. The molecule has 1 amide bonds. The molecule has 0 bridgehead atoms. The maximum atomic E-state index is 13.2. The molecule has 1 aliphatic heterocycles. The highest BCUT2D eigenvalue weighted by atomic mass is 35.5. The van der Waals surface area contributed by atoms with Gasteiger partial charge >= 0.3 is 0 Å². The van der Waals surface area contributed by atoms with Crippen LogP contribution in [-0.4, -0.2) is 41.2 Å². The van der Waals surface area contributed by atoms with Crippen molar-refractivity contribution in [3.63, 3.8) is 0 Å². The summed E-state index contributed by atoms with van der Waals surface area (Å²) in [7, 11) is -3.59. The van der Waals surface area contributed by atoms with E-state index in [2.05, 4.69) is 15.3 Å². The molecule has 1 aromatic heterocycles. The van der Waals surface area contributed by atoms with E-state index >= 15 is 0 Å². The minimum absolute atomic E-state index is 0.0286. The van der Waals surface area contributed by atoms with Crippen LogP contribution >= 0.6 is 23.4 Å². The Bertz CT molecular complexity index is 1330. The number of carbonyl (C=O) groups is 1. The third-order valence-corrected chi connectivity index (χ3v) is 9.47. The number of nitrogens with zero attached hydrogens (tertiary/aromatic N) is 3. The van der Waals surface area contributed by atoms with Crippen LogP contribution in [-0.2, 0) is 15.8 Å². The van der Waals surface area contributed by atoms with Crippen LogP contribution in [0.15, 0.2) is 64.8 Å². The summed E-state index contributed by atoms with van der Waals surface area (Å²) in [6, 6.07) is 14.3. The third kappa shape index (κ3) is 6.08. The molecule has 1 atom stereocenters. The number of hydrogen-bond donors (Lipinski definition) is 1. The molecule has 1 unspecified atom stereocenters. The molecule has 7 nitrogen and oxygen atoms in total. The minimum atomic E-state index is -3.59. The van der Waals surface area contributed by atoms with Crippen LogP contribution in [0.25, 0.3) is 0 Å². The topological polar surface area (TPSA) is 92.3 Å². The minimum Gasteiger partial charge on any atom is -0.321 e. The SMILES string of the molecule is CCC1CCCCN1S(=O)(=O)c1ccc(NC(=O)c2nc(SCc3ccccc3C)ncc2Cl)cc1. The fourth-order valence-electron chi connectivity index (χ4n) is 4.23. The Morgan fingerprint density at radius 1 is 1.17 bits per heavy atom. The van der Waals surface area contributed by atoms with Gasteiger partial charge in [0.05, 0.1) is 16.1 Å². The van der Waals surface area contributed by atoms with Gasteiger partial charge in [0.25, 0.3) is 5.91 Å². The van der Waals surface area contributed by atoms with Crippen molar-refractivity contribution in [2.75, 3.05) is 11.9 Å². The van der Waals surface area contributed by atoms with Gasteiger partial charge in [-0.1, -0.05) is 61.0 Å². The van der Waals surface area contributed by atoms with Gasteiger partial charge in [-0.05, 0) is 61.6 Å². The molecule has 1 fully saturated rings. The zero-order valence-electron chi connectivity index (χ0n) is 20.3. The fraction of sp³-hybridized carbons (Fsp3) is 0.346. The molecule has 36 heavy (non-hydrogen) atoms. The lowest BCUT2D eigenvalue weighted by molar-refractivity contribution is 0.102. The first-order chi connectivity index (χ1) is 17.3. The molecule has 4 rings (SSSR count). The van der Waals surface area contributed by atoms with Crippen molar-refractivity contribution in [2.24, 2.45) is 0 Å². The predicted octanol–water partition coefficient (Wildman–Crippen LogP) is 5.94. The molecule has 0 saturated carbocycles. The molecule has 2 heterocycles. The molecular weight excluding hydrogens is 516 g/mol. The number of halogens is 1. The average molecular weight is 545 g/mol. The molecule has 1 saturated heterocycles. The average Bonchev–Trinajstić information content (AvgIpc) is 2.89. The van der Waals surface area contributed by atoms with Crippen LogP contribution < -0.4 is 5.32 Å². The van der Waals surface area contributed by atoms with Crippen molar-refractivity contribution in [2.45, 2.75) is 61.4 Å². The monoisotopic (exact) mass is 544 g/mol. The number of amides is 1. The van der Waals surface area contributed by atoms with E-state index in [1.165, 1.54) is 35.7 Å². The second-order valence-electron chi connectivity index (χ2n) is 8.72. The summed E-state index contributed by atoms with van der Waals surface area (Å²) in [4.78, 5) is 21.7. The summed E-state index contributed by atoms with van der Waals surface area (Å²) < 4.78 is 28.0. The van der Waals surface area contributed by atoms with Crippen molar-refractivity contribution < 1.29 is 13.2 Å². The molecule has 0 spiro atoms. The number of carbonyl (C=O) groups excluding carboxylic acids is 1. The summed E-state index contributed by atoms with van der Waals surface area (Å²) in [5.74, 6) is 0.180. The van der Waals surface area contributed by atoms with Gasteiger partial charge in [0.2, 0.25) is 10.0 Å². The normalized spacial score (nSPS) is 16.6. The van der Waals surface area contributed by atoms with Gasteiger partial charge in [-0.25, -0.2) is 18.4 Å². The molecule has 3 aromatic rings. The lowest BCUT2D eigenvalue weighted by Gasteiger charge is -2.34. The predicted molar refractivity (Wildman–Crippen MR) is 144 cm³/mol. The standard InChI is InChI=1S/C26H29ClN4O3S2/c1-3-21-10-6-7-15-31(21)36(33,34)22-13-11-20(12-14-22)29-25(32)24-23(27)16-28-26(30-24)35-17-19-9-5-4-8-18(19)2/h4-5,8-9,11-14,16,21H,3,6-7,10,15,17H2,1-2H3,(H,29,32). The second-order valence-corrected chi connectivity index (χ2v) is 12.0. The van der Waals surface area contributed by atoms with Crippen molar-refractivity contribution in [1.82, 2.24) is 14.3 Å². The number of aromatic nitrogens is 2. The van der Waals surface area contributed by atoms with Crippen LogP contribution in [0.1, 0.15) is 54.2 Å². The molecule has 0 radical (unpaired) electrons. The van der Waals surface area contributed by atoms with E-state index in [0.29, 0.717) is 23.1 Å². The molecule has 0 aliphatic carbocycles. The smallest absolute Gasteiger partial charge is 0.275 e. The van der Waals surface area contributed by atoms with Gasteiger partial charge in [0.15, 0.2) is 10.9 Å². The highest BCUT2D eigenvalue weighted by Crippen LogP contribution is 2.28. The van der Waals surface area contributed by atoms with Crippen LogP contribution in [0.3, 0.4) is 0 Å². The molecular formula is C26H29ClN4O3S2. The van der Waals surface area contributed by atoms with E-state index < -0.39 is 15.9 Å². The highest BCUT2D eigenvalue weighted by Gasteiger charge is 2.32. The van der Waals surface area contributed by atoms with E-state index in [1.54, 1.807) is 16.4 Å². The van der Waals surface area contributed by atoms with E-state index in [1.807, 2.05) is 38.1 Å². The van der Waals surface area contributed by atoms with Crippen molar-refractivity contribution in [3.05, 3.63) is 76.6 Å². The number of hydrogen-bond acceptors (Lipinski definition) is 6. The van der Waals surface area contributed by atoms with Crippen molar-refractivity contribution in [3.8, 4) is 0 Å². The number of benzene rings is 2. The summed E-state index contributed by atoms with van der Waals surface area (Å²) in [5.41, 5.74) is 2.85. The summed E-state index contributed by atoms with van der Waals surface area (Å²) in [5, 5.41) is 3.34. The second kappa shape index (κ2) is 11.7. The van der Waals surface area contributed by atoms with Crippen LogP contribution in [0.2, 0.25) is 5.02 Å². The molecule has 1 aliphatic rings. The first-order valence-electron chi connectivity index (χ1n) is 11.9. The van der Waals surface area contributed by atoms with E-state index in [9.17, 15) is 13.2 Å². The van der Waals surface area contributed by atoms with E-state index in [4.69, 9.17) is 11.6 Å². The lowest BCUT2D eigenvalue weighted by Crippen LogP contribution is -2.43. The Kier molecular flexibility index (Phi) is 8.66. The quantitative estimate of drug-likeness (QED) is 0.279. The first kappa shape index (κ1) is 26.6. The number of nitrogens with one attached hydrogen (secondary N) is 1. The molecule has 10 heteroatoms. The highest BCUT2D eigenvalue weighted by molar-refractivity contribution is 7.98. The van der Waals surface area contributed by atoms with Crippen LogP contribution in [0.5, 0.6) is 0 Å². The maximum absolute atomic E-state index is 13.2. The zero-order chi connectivity index (χ0) is 25.7. The zero-order valence-corrected chi connectivity index (χ0v) is 22.7. The van der Waals surface area contributed by atoms with Crippen LogP contribution in [0.4, 0.5) is 5.69 Å². The number of sulfonamides is 1. The van der Waals surface area contributed by atoms with Gasteiger partial charge in [-0.15, -0.1) is 0 Å². The Labute approximate surface area is 221 Å². The number of rotatable bonds is 8. The maximum Gasteiger partial charge on any atom is 0.275 e. The molecule has 190 valence electrons. The third-order valence-electron chi connectivity index (χ3n) is 6.32. The summed E-state index contributed by atoms with van der Waals surface area (Å²) in [6.07, 6.45) is 5.01. The van der Waals surface area contributed by atoms with E-state index in [0.717, 1.165) is 31.2 Å². The fourth-order valence-corrected chi connectivity index (χ4v) is 7.06. The van der Waals surface area contributed by atoms with Gasteiger partial charge in [-0.2, -0.15) is 4.31 Å². The van der Waals surface area contributed by atoms with Crippen LogP contribution in [0, 0.1) is 6.92 Å². The van der Waals surface area contributed by atoms with Gasteiger partial charge in [0.1, 0.15) is 0 Å². The number of aryl methyl sites for hydroxylation is 1. The van der Waals surface area contributed by atoms with Crippen molar-refractivity contribution >= 4 is 45.0 Å². The Balaban J connectivity index is 1.45. The molecule has 2 aromatic carbocycles. The first-order valence-corrected chi connectivity index (χ1v) is 14.7. The number of piperidine rings is 1. The van der Waals surface area contributed by atoms with Crippen molar-refractivity contribution in [1.29, 1.82) is 0 Å². The molecule has 1 N–H and O–H groups in total. The summed E-state index contributed by atoms with van der Waals surface area (Å²) in [6.45, 7) is 4.60. The largest absolute Gasteiger partial charge is 0.321 e.